The summed E-state index contributed by atoms with van der Waals surface area (Å²) in [4.78, 5) is 9.48. The second kappa shape index (κ2) is 3.50. The number of allylic oxidation sites excluding steroid dienone is 1. The summed E-state index contributed by atoms with van der Waals surface area (Å²) in [6.45, 7) is 1.60. The lowest BCUT2D eigenvalue weighted by atomic mass is 9.98. The van der Waals surface area contributed by atoms with E-state index in [1.54, 1.807) is 6.92 Å². The van der Waals surface area contributed by atoms with Crippen molar-refractivity contribution in [3.63, 3.8) is 0 Å². The van der Waals surface area contributed by atoms with Crippen LogP contribution >= 0.6 is 0 Å². The van der Waals surface area contributed by atoms with Crippen LogP contribution in [-0.4, -0.2) is 23.9 Å². The molecule has 0 radical (unpaired) electrons. The monoisotopic (exact) mass is 219 g/mol. The lowest BCUT2D eigenvalue weighted by Gasteiger charge is -2.14. The van der Waals surface area contributed by atoms with Crippen LogP contribution in [-0.2, 0) is 10.1 Å². The number of nitro groups is 1. The minimum atomic E-state index is -4.35. The van der Waals surface area contributed by atoms with Crippen molar-refractivity contribution >= 4 is 10.1 Å². The molecule has 0 aromatic rings. The Morgan fingerprint density at radius 3 is 2.57 bits per heavy atom. The number of rotatable bonds is 2. The van der Waals surface area contributed by atoms with Crippen LogP contribution in [0.4, 0.5) is 0 Å². The lowest BCUT2D eigenvalue weighted by molar-refractivity contribution is -0.515. The second-order valence-corrected chi connectivity index (χ2v) is 4.46. The maximum absolute atomic E-state index is 10.7. The van der Waals surface area contributed by atoms with E-state index in [0.29, 0.717) is 0 Å². The molecular formula is C7H9NO5S. The van der Waals surface area contributed by atoms with Gasteiger partial charge in [-0.25, -0.2) is 0 Å². The molecule has 0 spiro atoms. The fourth-order valence-electron chi connectivity index (χ4n) is 1.16. The lowest BCUT2D eigenvalue weighted by Crippen LogP contribution is -2.27. The van der Waals surface area contributed by atoms with E-state index in [9.17, 15) is 18.5 Å². The average Bonchev–Trinajstić information content (AvgIpc) is 2.02. The molecule has 0 saturated heterocycles. The van der Waals surface area contributed by atoms with E-state index in [0.717, 1.165) is 6.08 Å². The highest BCUT2D eigenvalue weighted by Crippen LogP contribution is 2.21. The van der Waals surface area contributed by atoms with Crippen LogP contribution < -0.4 is 0 Å². The first-order valence-corrected chi connectivity index (χ1v) is 5.27. The summed E-state index contributed by atoms with van der Waals surface area (Å²) >= 11 is 0. The second-order valence-electron chi connectivity index (χ2n) is 3.04. The summed E-state index contributed by atoms with van der Waals surface area (Å²) in [5.41, 5.74) is 0. The topological polar surface area (TPSA) is 97.5 Å². The first kappa shape index (κ1) is 10.9. The molecule has 1 rings (SSSR count). The predicted octanol–water partition coefficient (Wildman–Crippen LogP) is 0.609. The minimum absolute atomic E-state index is 0.379. The van der Waals surface area contributed by atoms with Gasteiger partial charge in [0.15, 0.2) is 0 Å². The van der Waals surface area contributed by atoms with Gasteiger partial charge in [-0.1, -0.05) is 13.0 Å². The molecule has 0 amide bonds. The van der Waals surface area contributed by atoms with Gasteiger partial charge < -0.3 is 0 Å². The van der Waals surface area contributed by atoms with Gasteiger partial charge in [-0.2, -0.15) is 8.42 Å². The number of hydrogen-bond acceptors (Lipinski definition) is 4. The molecule has 0 heterocycles. The van der Waals surface area contributed by atoms with Crippen LogP contribution in [0.5, 0.6) is 0 Å². The van der Waals surface area contributed by atoms with Gasteiger partial charge in [-0.15, -0.1) is 0 Å². The third-order valence-corrected chi connectivity index (χ3v) is 2.85. The van der Waals surface area contributed by atoms with Crippen LogP contribution in [0.2, 0.25) is 0 Å². The van der Waals surface area contributed by atoms with Gasteiger partial charge in [-0.3, -0.25) is 14.7 Å². The van der Waals surface area contributed by atoms with Crippen molar-refractivity contribution in [1.82, 2.24) is 0 Å². The highest BCUT2D eigenvalue weighted by molar-refractivity contribution is 7.90. The largest absolute Gasteiger partial charge is 0.294 e. The molecule has 0 saturated carbocycles. The Balaban J connectivity index is 3.09. The Morgan fingerprint density at radius 2 is 2.14 bits per heavy atom. The summed E-state index contributed by atoms with van der Waals surface area (Å²) < 4.78 is 30.0. The summed E-state index contributed by atoms with van der Waals surface area (Å²) in [6, 6.07) is -1.10. The van der Waals surface area contributed by atoms with Crippen molar-refractivity contribution in [1.29, 1.82) is 0 Å². The molecule has 78 valence electrons. The molecule has 14 heavy (non-hydrogen) atoms. The Hall–Kier alpha value is -1.21. The van der Waals surface area contributed by atoms with E-state index in [1.165, 1.54) is 12.2 Å². The van der Waals surface area contributed by atoms with E-state index in [4.69, 9.17) is 4.55 Å². The van der Waals surface area contributed by atoms with Crippen LogP contribution in [0.3, 0.4) is 0 Å². The molecule has 0 aliphatic heterocycles. The number of nitrogens with zero attached hydrogens (tertiary/aromatic N) is 1. The molecule has 6 nitrogen and oxygen atoms in total. The first-order chi connectivity index (χ1) is 6.32. The summed E-state index contributed by atoms with van der Waals surface area (Å²) in [5, 5.41) is 10.5. The van der Waals surface area contributed by atoms with E-state index < -0.39 is 26.0 Å². The van der Waals surface area contributed by atoms with Crippen molar-refractivity contribution in [2.75, 3.05) is 0 Å². The van der Waals surface area contributed by atoms with E-state index >= 15 is 0 Å². The van der Waals surface area contributed by atoms with Gasteiger partial charge >= 0.3 is 0 Å². The van der Waals surface area contributed by atoms with E-state index in [1.807, 2.05) is 0 Å². The van der Waals surface area contributed by atoms with Gasteiger partial charge in [0.25, 0.3) is 10.1 Å². The molecule has 7 heteroatoms. The third-order valence-electron chi connectivity index (χ3n) is 1.98. The van der Waals surface area contributed by atoms with Crippen LogP contribution in [0.25, 0.3) is 0 Å². The van der Waals surface area contributed by atoms with Gasteiger partial charge in [0.2, 0.25) is 6.04 Å². The summed E-state index contributed by atoms with van der Waals surface area (Å²) in [7, 11) is -4.35. The van der Waals surface area contributed by atoms with Crippen LogP contribution in [0, 0.1) is 16.0 Å². The Labute approximate surface area is 80.8 Å². The van der Waals surface area contributed by atoms with Gasteiger partial charge in [0.05, 0.1) is 4.91 Å². The molecule has 0 fully saturated rings. The predicted molar refractivity (Wildman–Crippen MR) is 48.7 cm³/mol. The fraction of sp³-hybridized carbons (Fsp3) is 0.429. The minimum Gasteiger partial charge on any atom is -0.282 e. The standard InChI is InChI=1S/C7H9NO5S/c1-5-2-3-6(14(11,12)13)4-7(5)8(9)10/h2-5,7H,1H3,(H,11,12,13). The fourth-order valence-corrected chi connectivity index (χ4v) is 1.72. The van der Waals surface area contributed by atoms with Crippen molar-refractivity contribution in [2.45, 2.75) is 13.0 Å². The Morgan fingerprint density at radius 1 is 1.57 bits per heavy atom. The molecule has 0 aromatic carbocycles. The maximum atomic E-state index is 10.7. The molecular weight excluding hydrogens is 210 g/mol. The van der Waals surface area contributed by atoms with Gasteiger partial charge in [0.1, 0.15) is 0 Å². The molecule has 1 N–H and O–H groups in total. The Kier molecular flexibility index (Phi) is 2.72. The average molecular weight is 219 g/mol. The highest BCUT2D eigenvalue weighted by Gasteiger charge is 2.29. The molecule has 0 bridgehead atoms. The molecule has 2 unspecified atom stereocenters. The normalized spacial score (nSPS) is 27.1. The third kappa shape index (κ3) is 2.18. The van der Waals surface area contributed by atoms with Crippen molar-refractivity contribution in [2.24, 2.45) is 5.92 Å². The van der Waals surface area contributed by atoms with Crippen LogP contribution in [0.15, 0.2) is 23.1 Å². The summed E-state index contributed by atoms with van der Waals surface area (Å²) in [6.07, 6.45) is 3.50. The number of hydrogen-bond donors (Lipinski definition) is 1. The van der Waals surface area contributed by atoms with Crippen molar-refractivity contribution < 1.29 is 17.9 Å². The van der Waals surface area contributed by atoms with Crippen molar-refractivity contribution in [3.8, 4) is 0 Å². The SMILES string of the molecule is CC1C=CC(S(=O)(=O)O)=CC1[N+](=O)[O-]. The van der Waals surface area contributed by atoms with Gasteiger partial charge in [0, 0.05) is 16.9 Å². The first-order valence-electron chi connectivity index (χ1n) is 3.83. The van der Waals surface area contributed by atoms with Gasteiger partial charge in [-0.05, 0) is 6.08 Å². The summed E-state index contributed by atoms with van der Waals surface area (Å²) in [5.74, 6) is -0.379. The maximum Gasteiger partial charge on any atom is 0.294 e. The highest BCUT2D eigenvalue weighted by atomic mass is 32.2. The zero-order valence-electron chi connectivity index (χ0n) is 7.32. The molecule has 2 atom stereocenters. The Bertz CT molecular complexity index is 408. The van der Waals surface area contributed by atoms with E-state index in [-0.39, 0.29) is 5.92 Å². The van der Waals surface area contributed by atoms with Crippen LogP contribution in [0.1, 0.15) is 6.92 Å². The zero-order chi connectivity index (χ0) is 10.9. The smallest absolute Gasteiger partial charge is 0.282 e. The van der Waals surface area contributed by atoms with E-state index in [2.05, 4.69) is 0 Å². The molecule has 1 aliphatic rings. The van der Waals surface area contributed by atoms with Crippen molar-refractivity contribution in [3.05, 3.63) is 33.2 Å². The zero-order valence-corrected chi connectivity index (χ0v) is 8.14. The molecule has 1 aliphatic carbocycles. The molecule has 0 aromatic heterocycles. The quantitative estimate of drug-likeness (QED) is 0.417.